The van der Waals surface area contributed by atoms with Gasteiger partial charge in [0.05, 0.1) is 13.0 Å². The smallest absolute Gasteiger partial charge is 0.245 e. The van der Waals surface area contributed by atoms with Crippen molar-refractivity contribution in [2.24, 2.45) is 11.3 Å². The Hall–Kier alpha value is -3.05. The van der Waals surface area contributed by atoms with Gasteiger partial charge in [-0.1, -0.05) is 75.7 Å². The molecule has 0 bridgehead atoms. The van der Waals surface area contributed by atoms with E-state index in [1.165, 1.54) is 5.56 Å². The zero-order valence-corrected chi connectivity index (χ0v) is 24.0. The molecule has 1 fully saturated rings. The molecule has 0 saturated carbocycles. The number of rotatable bonds is 7. The molecule has 0 radical (unpaired) electrons. The molecule has 1 saturated heterocycles. The molecule has 1 heterocycles. The highest BCUT2D eigenvalue weighted by Gasteiger charge is 2.40. The zero-order valence-electron chi connectivity index (χ0n) is 23.3. The molecule has 2 amide bonds. The van der Waals surface area contributed by atoms with Crippen molar-refractivity contribution in [2.45, 2.75) is 58.9 Å². The van der Waals surface area contributed by atoms with Gasteiger partial charge >= 0.3 is 0 Å². The van der Waals surface area contributed by atoms with Crippen LogP contribution in [0.2, 0.25) is 5.02 Å². The number of hydrogen-bond acceptors (Lipinski definition) is 3. The highest BCUT2D eigenvalue weighted by atomic mass is 35.5. The molecule has 3 atom stereocenters. The second-order valence-electron chi connectivity index (χ2n) is 11.6. The largest absolute Gasteiger partial charge is 0.497 e. The number of nitrogens with one attached hydrogen (secondary N) is 1. The number of nitrogens with zero attached hydrogens (tertiary/aromatic N) is 1. The molecule has 0 aromatic heterocycles. The molecule has 38 heavy (non-hydrogen) atoms. The van der Waals surface area contributed by atoms with Crippen LogP contribution in [0.25, 0.3) is 10.8 Å². The van der Waals surface area contributed by atoms with E-state index in [-0.39, 0.29) is 29.1 Å². The van der Waals surface area contributed by atoms with Crippen LogP contribution in [-0.4, -0.2) is 43.0 Å². The Morgan fingerprint density at radius 2 is 1.66 bits per heavy atom. The summed E-state index contributed by atoms with van der Waals surface area (Å²) in [6.45, 7) is 11.6. The van der Waals surface area contributed by atoms with Gasteiger partial charge in [-0.15, -0.1) is 0 Å². The van der Waals surface area contributed by atoms with Crippen molar-refractivity contribution in [3.05, 3.63) is 76.8 Å². The summed E-state index contributed by atoms with van der Waals surface area (Å²) >= 11 is 6.10. The number of amides is 2. The van der Waals surface area contributed by atoms with Crippen LogP contribution in [0.1, 0.15) is 64.0 Å². The molecule has 1 N–H and O–H groups in total. The molecule has 1 aliphatic heterocycles. The SMILES string of the molecule is COc1ccc2cc([C@H](C)C(=O)N[C@@H](C(=O)N3CCC(c4ccc(Cl)cc4)C(C)(C)C3)C(C)C)ccc2c1. The topological polar surface area (TPSA) is 58.6 Å². The third kappa shape index (κ3) is 5.99. The molecule has 6 heteroatoms. The van der Waals surface area contributed by atoms with Gasteiger partial charge in [-0.3, -0.25) is 9.59 Å². The fourth-order valence-corrected chi connectivity index (χ4v) is 5.76. The van der Waals surface area contributed by atoms with Crippen molar-refractivity contribution in [1.29, 1.82) is 0 Å². The zero-order chi connectivity index (χ0) is 27.6. The number of benzene rings is 3. The van der Waals surface area contributed by atoms with E-state index in [1.54, 1.807) is 7.11 Å². The first-order valence-corrected chi connectivity index (χ1v) is 13.8. The van der Waals surface area contributed by atoms with Gasteiger partial charge in [0.25, 0.3) is 0 Å². The van der Waals surface area contributed by atoms with Gasteiger partial charge < -0.3 is 15.0 Å². The molecule has 1 aliphatic rings. The Morgan fingerprint density at radius 3 is 2.29 bits per heavy atom. The third-order valence-corrected chi connectivity index (χ3v) is 8.26. The number of halogens is 1. The summed E-state index contributed by atoms with van der Waals surface area (Å²) < 4.78 is 5.32. The molecule has 0 aliphatic carbocycles. The molecule has 0 spiro atoms. The first kappa shape index (κ1) is 28.0. The van der Waals surface area contributed by atoms with E-state index in [0.717, 1.165) is 33.5 Å². The maximum Gasteiger partial charge on any atom is 0.245 e. The first-order valence-electron chi connectivity index (χ1n) is 13.4. The highest BCUT2D eigenvalue weighted by molar-refractivity contribution is 6.30. The van der Waals surface area contributed by atoms with Gasteiger partial charge in [0.1, 0.15) is 11.8 Å². The average molecular weight is 535 g/mol. The lowest BCUT2D eigenvalue weighted by Crippen LogP contribution is -2.56. The Morgan fingerprint density at radius 1 is 1.00 bits per heavy atom. The Labute approximate surface area is 231 Å². The lowest BCUT2D eigenvalue weighted by molar-refractivity contribution is -0.141. The van der Waals surface area contributed by atoms with Crippen LogP contribution < -0.4 is 10.1 Å². The third-order valence-electron chi connectivity index (χ3n) is 8.01. The minimum absolute atomic E-state index is 0.00575. The van der Waals surface area contributed by atoms with Crippen LogP contribution in [0.4, 0.5) is 0 Å². The summed E-state index contributed by atoms with van der Waals surface area (Å²) in [5.74, 6) is 0.579. The summed E-state index contributed by atoms with van der Waals surface area (Å²) in [4.78, 5) is 29.0. The van der Waals surface area contributed by atoms with E-state index < -0.39 is 6.04 Å². The predicted molar refractivity (Wildman–Crippen MR) is 155 cm³/mol. The number of hydrogen-bond donors (Lipinski definition) is 1. The van der Waals surface area contributed by atoms with Crippen molar-refractivity contribution in [1.82, 2.24) is 10.2 Å². The predicted octanol–water partition coefficient (Wildman–Crippen LogP) is 6.79. The Kier molecular flexibility index (Phi) is 8.37. The van der Waals surface area contributed by atoms with E-state index in [4.69, 9.17) is 16.3 Å². The standard InChI is InChI=1S/C32H39ClN2O3/c1-20(2)29(31(37)35-16-15-28(32(4,5)19-35)22-9-12-26(33)13-10-22)34-30(36)21(3)23-7-8-25-18-27(38-6)14-11-24(25)17-23/h7-14,17-18,20-21,28-29H,15-16,19H2,1-6H3,(H,34,36)/t21-,28?,29+/m0/s1. The van der Waals surface area contributed by atoms with E-state index >= 15 is 0 Å². The van der Waals surface area contributed by atoms with Crippen molar-refractivity contribution in [3.63, 3.8) is 0 Å². The minimum Gasteiger partial charge on any atom is -0.497 e. The van der Waals surface area contributed by atoms with E-state index in [0.29, 0.717) is 19.0 Å². The monoisotopic (exact) mass is 534 g/mol. The molecular formula is C32H39ClN2O3. The van der Waals surface area contributed by atoms with Crippen molar-refractivity contribution >= 4 is 34.2 Å². The second-order valence-corrected chi connectivity index (χ2v) is 12.0. The summed E-state index contributed by atoms with van der Waals surface area (Å²) in [6.07, 6.45) is 0.872. The van der Waals surface area contributed by atoms with Crippen molar-refractivity contribution < 1.29 is 14.3 Å². The first-order chi connectivity index (χ1) is 18.0. The summed E-state index contributed by atoms with van der Waals surface area (Å²) in [6, 6.07) is 19.4. The maximum atomic E-state index is 13.7. The number of carbonyl (C=O) groups is 2. The van der Waals surface area contributed by atoms with E-state index in [2.05, 4.69) is 31.3 Å². The molecule has 202 valence electrons. The van der Waals surface area contributed by atoms with Crippen LogP contribution in [0.15, 0.2) is 60.7 Å². The van der Waals surface area contributed by atoms with Gasteiger partial charge in [-0.25, -0.2) is 0 Å². The summed E-state index contributed by atoms with van der Waals surface area (Å²) in [5, 5.41) is 5.92. The molecule has 5 nitrogen and oxygen atoms in total. The minimum atomic E-state index is -0.572. The molecule has 3 aromatic carbocycles. The summed E-state index contributed by atoms with van der Waals surface area (Å²) in [7, 11) is 1.65. The van der Waals surface area contributed by atoms with Crippen LogP contribution >= 0.6 is 11.6 Å². The fraction of sp³-hybridized carbons (Fsp3) is 0.438. The number of ether oxygens (including phenoxy) is 1. The van der Waals surface area contributed by atoms with Gasteiger partial charge in [0.2, 0.25) is 11.8 Å². The van der Waals surface area contributed by atoms with Crippen LogP contribution in [0, 0.1) is 11.3 Å². The fourth-order valence-electron chi connectivity index (χ4n) is 5.64. The van der Waals surface area contributed by atoms with Gasteiger partial charge in [0, 0.05) is 18.1 Å². The lowest BCUT2D eigenvalue weighted by atomic mass is 9.70. The lowest BCUT2D eigenvalue weighted by Gasteiger charge is -2.46. The van der Waals surface area contributed by atoms with Crippen LogP contribution in [-0.2, 0) is 9.59 Å². The number of carbonyl (C=O) groups excluding carboxylic acids is 2. The van der Waals surface area contributed by atoms with Gasteiger partial charge in [0.15, 0.2) is 0 Å². The van der Waals surface area contributed by atoms with E-state index in [1.807, 2.05) is 74.2 Å². The van der Waals surface area contributed by atoms with Gasteiger partial charge in [-0.05, 0) is 76.8 Å². The molecule has 3 aromatic rings. The number of methoxy groups -OCH3 is 1. The van der Waals surface area contributed by atoms with Crippen LogP contribution in [0.3, 0.4) is 0 Å². The molecular weight excluding hydrogens is 496 g/mol. The van der Waals surface area contributed by atoms with Gasteiger partial charge in [-0.2, -0.15) is 0 Å². The number of likely N-dealkylation sites (tertiary alicyclic amines) is 1. The summed E-state index contributed by atoms with van der Waals surface area (Å²) in [5.41, 5.74) is 2.07. The van der Waals surface area contributed by atoms with Crippen molar-refractivity contribution in [3.8, 4) is 5.75 Å². The number of piperidine rings is 1. The Balaban J connectivity index is 1.45. The van der Waals surface area contributed by atoms with Crippen LogP contribution in [0.5, 0.6) is 5.75 Å². The Bertz CT molecular complexity index is 1300. The normalized spacial score (nSPS) is 18.7. The second kappa shape index (κ2) is 11.4. The molecule has 4 rings (SSSR count). The quantitative estimate of drug-likeness (QED) is 0.363. The molecule has 1 unspecified atom stereocenters. The van der Waals surface area contributed by atoms with Crippen molar-refractivity contribution in [2.75, 3.05) is 20.2 Å². The highest BCUT2D eigenvalue weighted by Crippen LogP contribution is 2.42. The number of fused-ring (bicyclic) bond motifs is 1. The maximum absolute atomic E-state index is 13.7. The van der Waals surface area contributed by atoms with E-state index in [9.17, 15) is 9.59 Å². The average Bonchev–Trinajstić information content (AvgIpc) is 2.90.